The van der Waals surface area contributed by atoms with Crippen molar-refractivity contribution in [1.29, 1.82) is 0 Å². The van der Waals surface area contributed by atoms with Crippen LogP contribution in [0.4, 0.5) is 4.79 Å². The number of carbonyl (C=O) groups excluding carboxylic acids is 1. The number of carbonyl (C=O) groups is 2. The van der Waals surface area contributed by atoms with Crippen LogP contribution in [0, 0.1) is 11.8 Å². The number of piperidine rings is 1. The van der Waals surface area contributed by atoms with E-state index in [1.54, 1.807) is 6.08 Å². The van der Waals surface area contributed by atoms with Crippen LogP contribution >= 0.6 is 0 Å². The van der Waals surface area contributed by atoms with E-state index in [1.165, 1.54) is 12.8 Å². The Hall–Kier alpha value is -2.11. The third-order valence-corrected chi connectivity index (χ3v) is 5.16. The Labute approximate surface area is 142 Å². The number of aromatic nitrogens is 2. The van der Waals surface area contributed by atoms with Crippen molar-refractivity contribution in [2.45, 2.75) is 52.0 Å². The van der Waals surface area contributed by atoms with Crippen LogP contribution < -0.4 is 0 Å². The summed E-state index contributed by atoms with van der Waals surface area (Å²) in [6.45, 7) is 4.52. The molecule has 6 heteroatoms. The van der Waals surface area contributed by atoms with Crippen molar-refractivity contribution in [2.75, 3.05) is 6.54 Å². The Morgan fingerprint density at radius 1 is 1.25 bits per heavy atom. The zero-order chi connectivity index (χ0) is 17.3. The Bertz CT molecular complexity index is 656. The minimum absolute atomic E-state index is 0.131. The van der Waals surface area contributed by atoms with Gasteiger partial charge in [-0.05, 0) is 50.0 Å². The highest BCUT2D eigenvalue weighted by atomic mass is 16.4. The lowest BCUT2D eigenvalue weighted by Crippen LogP contribution is -2.43. The quantitative estimate of drug-likeness (QED) is 0.841. The highest BCUT2D eigenvalue weighted by molar-refractivity contribution is 6.05. The predicted octanol–water partition coefficient (Wildman–Crippen LogP) is 3.56. The van der Waals surface area contributed by atoms with Gasteiger partial charge >= 0.3 is 6.09 Å². The molecule has 24 heavy (non-hydrogen) atoms. The number of amides is 2. The third-order valence-electron chi connectivity index (χ3n) is 5.16. The smallest absolute Gasteiger partial charge is 0.414 e. The highest BCUT2D eigenvalue weighted by Gasteiger charge is 2.31. The molecule has 1 aromatic rings. The molecule has 3 rings (SSSR count). The van der Waals surface area contributed by atoms with Gasteiger partial charge in [0.15, 0.2) is 0 Å². The molecule has 2 heterocycles. The molecule has 2 fully saturated rings. The lowest BCUT2D eigenvalue weighted by atomic mass is 9.87. The van der Waals surface area contributed by atoms with Gasteiger partial charge < -0.3 is 9.67 Å². The molecule has 2 aliphatic rings. The number of nitrogens with zero attached hydrogens (tertiary/aromatic N) is 3. The van der Waals surface area contributed by atoms with E-state index in [0.717, 1.165) is 29.4 Å². The standard InChI is InChI=1S/C18H25N3O3/c1-12-3-5-16(6-4-12)20-10-15(19-11-20)8-14-7-13(2)9-21(17(14)22)18(23)24/h8,10-13,16H,3-7,9H2,1-2H3,(H,23,24)/b14-8+/t12-,13-,16-/m1/s1. The molecule has 0 spiro atoms. The van der Waals surface area contributed by atoms with Crippen LogP contribution in [0.5, 0.6) is 0 Å². The van der Waals surface area contributed by atoms with Gasteiger partial charge in [0.05, 0.1) is 12.0 Å². The van der Waals surface area contributed by atoms with Gasteiger partial charge in [-0.2, -0.15) is 0 Å². The van der Waals surface area contributed by atoms with Crippen LogP contribution in [0.3, 0.4) is 0 Å². The van der Waals surface area contributed by atoms with E-state index >= 15 is 0 Å². The third kappa shape index (κ3) is 3.52. The first-order chi connectivity index (χ1) is 11.4. The average molecular weight is 331 g/mol. The topological polar surface area (TPSA) is 75.4 Å². The molecule has 1 atom stereocenters. The van der Waals surface area contributed by atoms with Gasteiger partial charge in [0.2, 0.25) is 0 Å². The van der Waals surface area contributed by atoms with Crippen molar-refractivity contribution in [1.82, 2.24) is 14.5 Å². The summed E-state index contributed by atoms with van der Waals surface area (Å²) >= 11 is 0. The van der Waals surface area contributed by atoms with Crippen molar-refractivity contribution in [2.24, 2.45) is 11.8 Å². The number of hydrogen-bond donors (Lipinski definition) is 1. The Kier molecular flexibility index (Phi) is 4.73. The van der Waals surface area contributed by atoms with Crippen LogP contribution in [0.1, 0.15) is 57.7 Å². The van der Waals surface area contributed by atoms with Gasteiger partial charge in [0.1, 0.15) is 0 Å². The molecule has 0 radical (unpaired) electrons. The largest absolute Gasteiger partial charge is 0.465 e. The summed E-state index contributed by atoms with van der Waals surface area (Å²) < 4.78 is 2.14. The summed E-state index contributed by atoms with van der Waals surface area (Å²) in [5.41, 5.74) is 1.26. The molecule has 130 valence electrons. The van der Waals surface area contributed by atoms with Crippen LogP contribution in [-0.2, 0) is 4.79 Å². The van der Waals surface area contributed by atoms with Gasteiger partial charge in [-0.25, -0.2) is 14.7 Å². The summed E-state index contributed by atoms with van der Waals surface area (Å²) in [6, 6.07) is 0.484. The predicted molar refractivity (Wildman–Crippen MR) is 90.4 cm³/mol. The summed E-state index contributed by atoms with van der Waals surface area (Å²) in [5, 5.41) is 9.16. The first-order valence-corrected chi connectivity index (χ1v) is 8.73. The fraction of sp³-hybridized carbons (Fsp3) is 0.611. The molecule has 0 aromatic carbocycles. The Morgan fingerprint density at radius 3 is 2.62 bits per heavy atom. The van der Waals surface area contributed by atoms with Crippen LogP contribution in [0.25, 0.3) is 6.08 Å². The van der Waals surface area contributed by atoms with Crippen molar-refractivity contribution in [3.8, 4) is 0 Å². The minimum atomic E-state index is -1.18. The van der Waals surface area contributed by atoms with Crippen LogP contribution in [-0.4, -0.2) is 38.1 Å². The molecule has 1 aliphatic carbocycles. The molecular formula is C18H25N3O3. The van der Waals surface area contributed by atoms with Gasteiger partial charge in [-0.15, -0.1) is 0 Å². The molecule has 0 bridgehead atoms. The molecule has 2 amide bonds. The lowest BCUT2D eigenvalue weighted by molar-refractivity contribution is -0.127. The van der Waals surface area contributed by atoms with E-state index in [0.29, 0.717) is 18.0 Å². The SMILES string of the molecule is C[C@@H]1C/C(=C\c2cn([C@H]3CC[C@H](C)CC3)cn2)C(=O)N(C(=O)O)C1. The summed E-state index contributed by atoms with van der Waals surface area (Å²) in [4.78, 5) is 28.8. The lowest BCUT2D eigenvalue weighted by Gasteiger charge is -2.28. The molecule has 1 saturated heterocycles. The first-order valence-electron chi connectivity index (χ1n) is 8.73. The fourth-order valence-corrected chi connectivity index (χ4v) is 3.73. The van der Waals surface area contributed by atoms with E-state index in [4.69, 9.17) is 5.11 Å². The monoisotopic (exact) mass is 331 g/mol. The fourth-order valence-electron chi connectivity index (χ4n) is 3.73. The first kappa shape index (κ1) is 16.7. The molecule has 1 aliphatic heterocycles. The number of hydrogen-bond acceptors (Lipinski definition) is 3. The van der Waals surface area contributed by atoms with Crippen molar-refractivity contribution >= 4 is 18.1 Å². The van der Waals surface area contributed by atoms with E-state index < -0.39 is 12.0 Å². The molecule has 1 saturated carbocycles. The van der Waals surface area contributed by atoms with Crippen molar-refractivity contribution in [3.05, 3.63) is 23.8 Å². The molecular weight excluding hydrogens is 306 g/mol. The van der Waals surface area contributed by atoms with Crippen LogP contribution in [0.2, 0.25) is 0 Å². The zero-order valence-electron chi connectivity index (χ0n) is 14.3. The van der Waals surface area contributed by atoms with Crippen molar-refractivity contribution < 1.29 is 14.7 Å². The van der Waals surface area contributed by atoms with Gasteiger partial charge in [-0.1, -0.05) is 13.8 Å². The second kappa shape index (κ2) is 6.79. The second-order valence-corrected chi connectivity index (χ2v) is 7.34. The van der Waals surface area contributed by atoms with Gasteiger partial charge in [-0.3, -0.25) is 4.79 Å². The van der Waals surface area contributed by atoms with E-state index in [2.05, 4.69) is 16.5 Å². The van der Waals surface area contributed by atoms with Crippen LogP contribution in [0.15, 0.2) is 18.1 Å². The number of carboxylic acid groups (broad SMARTS) is 1. The second-order valence-electron chi connectivity index (χ2n) is 7.34. The Balaban J connectivity index is 1.76. The maximum absolute atomic E-state index is 12.3. The maximum Gasteiger partial charge on any atom is 0.414 e. The average Bonchev–Trinajstić information content (AvgIpc) is 2.99. The van der Waals surface area contributed by atoms with E-state index in [1.807, 2.05) is 19.4 Å². The van der Waals surface area contributed by atoms with Gasteiger partial charge in [0.25, 0.3) is 5.91 Å². The van der Waals surface area contributed by atoms with Gasteiger partial charge in [0, 0.05) is 24.4 Å². The maximum atomic E-state index is 12.3. The minimum Gasteiger partial charge on any atom is -0.465 e. The number of likely N-dealkylation sites (tertiary alicyclic amines) is 1. The normalized spacial score (nSPS) is 29.9. The molecule has 0 unspecified atom stereocenters. The number of imidazole rings is 1. The molecule has 1 aromatic heterocycles. The number of imide groups is 1. The Morgan fingerprint density at radius 2 is 1.96 bits per heavy atom. The van der Waals surface area contributed by atoms with Crippen molar-refractivity contribution in [3.63, 3.8) is 0 Å². The zero-order valence-corrected chi connectivity index (χ0v) is 14.3. The molecule has 1 N–H and O–H groups in total. The van der Waals surface area contributed by atoms with E-state index in [-0.39, 0.29) is 12.5 Å². The summed E-state index contributed by atoms with van der Waals surface area (Å²) in [6.07, 6.45) is 9.77. The molecule has 6 nitrogen and oxygen atoms in total. The van der Waals surface area contributed by atoms with E-state index in [9.17, 15) is 9.59 Å². The highest BCUT2D eigenvalue weighted by Crippen LogP contribution is 2.32. The summed E-state index contributed by atoms with van der Waals surface area (Å²) in [7, 11) is 0. The summed E-state index contributed by atoms with van der Waals surface area (Å²) in [5.74, 6) is 0.517. The number of rotatable bonds is 2.